The molecule has 0 saturated carbocycles. The van der Waals surface area contributed by atoms with Crippen molar-refractivity contribution in [2.45, 2.75) is 33.2 Å². The van der Waals surface area contributed by atoms with E-state index < -0.39 is 29.7 Å². The second-order valence-corrected chi connectivity index (χ2v) is 7.96. The zero-order chi connectivity index (χ0) is 25.1. The number of hydrogen-bond acceptors (Lipinski definition) is 8. The fraction of sp³-hybridized carbons (Fsp3) is 0.478. The molecule has 0 radical (unpaired) electrons. The SMILES string of the molecule is COCCN(C(=O)COC(=O)CCCOc1ccccc1)c1c(N)n(CC(C)C)c(=O)[nH]c1=O. The van der Waals surface area contributed by atoms with Crippen molar-refractivity contribution in [1.29, 1.82) is 0 Å². The Bertz CT molecular complexity index is 1060. The average molecular weight is 477 g/mol. The van der Waals surface area contributed by atoms with E-state index in [4.69, 9.17) is 19.9 Å². The molecule has 1 amide bonds. The first-order valence-electron chi connectivity index (χ1n) is 11.0. The smallest absolute Gasteiger partial charge is 0.330 e. The molecule has 11 nitrogen and oxygen atoms in total. The first kappa shape index (κ1) is 26.7. The summed E-state index contributed by atoms with van der Waals surface area (Å²) in [6.45, 7) is 3.81. The molecule has 0 aliphatic heterocycles. The summed E-state index contributed by atoms with van der Waals surface area (Å²) in [4.78, 5) is 52.9. The van der Waals surface area contributed by atoms with E-state index >= 15 is 0 Å². The molecular formula is C23H32N4O7. The maximum atomic E-state index is 12.9. The van der Waals surface area contributed by atoms with Crippen molar-refractivity contribution in [3.63, 3.8) is 0 Å². The summed E-state index contributed by atoms with van der Waals surface area (Å²) in [5.41, 5.74) is 4.46. The maximum absolute atomic E-state index is 12.9. The number of methoxy groups -OCH3 is 1. The molecule has 0 aliphatic rings. The quantitative estimate of drug-likeness (QED) is 0.323. The lowest BCUT2D eigenvalue weighted by atomic mass is 10.2. The van der Waals surface area contributed by atoms with E-state index in [1.807, 2.05) is 44.2 Å². The third-order valence-electron chi connectivity index (χ3n) is 4.75. The van der Waals surface area contributed by atoms with Crippen molar-refractivity contribution in [1.82, 2.24) is 9.55 Å². The van der Waals surface area contributed by atoms with Crippen molar-refractivity contribution in [3.8, 4) is 5.75 Å². The first-order chi connectivity index (χ1) is 16.2. The van der Waals surface area contributed by atoms with Gasteiger partial charge in [-0.05, 0) is 24.5 Å². The number of nitrogens with zero attached hydrogens (tertiary/aromatic N) is 2. The lowest BCUT2D eigenvalue weighted by Gasteiger charge is -2.24. The Morgan fingerprint density at radius 1 is 1.15 bits per heavy atom. The Kier molecular flexibility index (Phi) is 10.3. The molecule has 34 heavy (non-hydrogen) atoms. The molecule has 2 rings (SSSR count). The van der Waals surface area contributed by atoms with Gasteiger partial charge in [-0.15, -0.1) is 0 Å². The fourth-order valence-corrected chi connectivity index (χ4v) is 3.14. The zero-order valence-electron chi connectivity index (χ0n) is 19.7. The summed E-state index contributed by atoms with van der Waals surface area (Å²) in [6.07, 6.45) is 0.461. The van der Waals surface area contributed by atoms with Crippen molar-refractivity contribution in [2.24, 2.45) is 5.92 Å². The number of rotatable bonds is 13. The number of carbonyl (C=O) groups excluding carboxylic acids is 2. The molecule has 3 N–H and O–H groups in total. The third kappa shape index (κ3) is 7.77. The zero-order valence-corrected chi connectivity index (χ0v) is 19.7. The van der Waals surface area contributed by atoms with Gasteiger partial charge in [-0.3, -0.25) is 28.8 Å². The molecule has 0 aliphatic carbocycles. The molecule has 11 heteroatoms. The molecule has 186 valence electrons. The number of anilines is 2. The van der Waals surface area contributed by atoms with Crippen LogP contribution in [-0.2, 0) is 25.6 Å². The molecule has 1 aromatic carbocycles. The van der Waals surface area contributed by atoms with Crippen molar-refractivity contribution in [2.75, 3.05) is 44.1 Å². The van der Waals surface area contributed by atoms with E-state index in [9.17, 15) is 19.2 Å². The van der Waals surface area contributed by atoms with Crippen LogP contribution in [0.2, 0.25) is 0 Å². The molecule has 0 saturated heterocycles. The molecule has 0 bridgehead atoms. The van der Waals surface area contributed by atoms with E-state index in [1.54, 1.807) is 0 Å². The second kappa shape index (κ2) is 13.2. The summed E-state index contributed by atoms with van der Waals surface area (Å²) >= 11 is 0. The van der Waals surface area contributed by atoms with Gasteiger partial charge in [0.1, 0.15) is 11.6 Å². The van der Waals surface area contributed by atoms with Crippen LogP contribution in [0.1, 0.15) is 26.7 Å². The molecule has 0 unspecified atom stereocenters. The Labute approximate surface area is 197 Å². The van der Waals surface area contributed by atoms with E-state index in [0.29, 0.717) is 18.8 Å². The van der Waals surface area contributed by atoms with Crippen LogP contribution in [0, 0.1) is 5.92 Å². The van der Waals surface area contributed by atoms with Crippen LogP contribution in [0.5, 0.6) is 5.75 Å². The van der Waals surface area contributed by atoms with E-state index in [2.05, 4.69) is 4.98 Å². The number of nitrogen functional groups attached to an aromatic ring is 1. The van der Waals surface area contributed by atoms with Gasteiger partial charge in [-0.1, -0.05) is 32.0 Å². The summed E-state index contributed by atoms with van der Waals surface area (Å²) in [5, 5.41) is 0. The number of amides is 1. The Morgan fingerprint density at radius 3 is 2.50 bits per heavy atom. The molecule has 2 aromatic rings. The van der Waals surface area contributed by atoms with Crippen molar-refractivity contribution in [3.05, 3.63) is 51.2 Å². The van der Waals surface area contributed by atoms with Gasteiger partial charge in [-0.2, -0.15) is 0 Å². The van der Waals surface area contributed by atoms with Crippen LogP contribution in [0.3, 0.4) is 0 Å². The van der Waals surface area contributed by atoms with Gasteiger partial charge in [-0.25, -0.2) is 4.79 Å². The number of ether oxygens (including phenoxy) is 3. The second-order valence-electron chi connectivity index (χ2n) is 7.96. The minimum atomic E-state index is -0.809. The largest absolute Gasteiger partial charge is 0.494 e. The number of hydrogen-bond donors (Lipinski definition) is 2. The number of carbonyl (C=O) groups is 2. The molecule has 1 aromatic heterocycles. The highest BCUT2D eigenvalue weighted by atomic mass is 16.5. The number of aromatic nitrogens is 2. The monoisotopic (exact) mass is 476 g/mol. The van der Waals surface area contributed by atoms with Gasteiger partial charge in [0.25, 0.3) is 11.5 Å². The van der Waals surface area contributed by atoms with Crippen LogP contribution in [0.4, 0.5) is 11.5 Å². The normalized spacial score (nSPS) is 10.8. The van der Waals surface area contributed by atoms with Crippen LogP contribution in [0.25, 0.3) is 0 Å². The predicted octanol–water partition coefficient (Wildman–Crippen LogP) is 1.16. The van der Waals surface area contributed by atoms with Crippen LogP contribution < -0.4 is 26.6 Å². The summed E-state index contributed by atoms with van der Waals surface area (Å²) in [6, 6.07) is 9.18. The van der Waals surface area contributed by atoms with Gasteiger partial charge < -0.3 is 19.9 Å². The standard InChI is InChI=1S/C23H32N4O7/c1-16(2)14-27-21(24)20(22(30)25-23(27)31)26(11-13-32-3)18(28)15-34-19(29)10-7-12-33-17-8-5-4-6-9-17/h4-6,8-9,16H,7,10-15,24H2,1-3H3,(H,25,30,31). The summed E-state index contributed by atoms with van der Waals surface area (Å²) in [7, 11) is 1.44. The Balaban J connectivity index is 2.03. The number of H-pyrrole nitrogens is 1. The highest BCUT2D eigenvalue weighted by Crippen LogP contribution is 2.18. The fourth-order valence-electron chi connectivity index (χ4n) is 3.14. The van der Waals surface area contributed by atoms with Gasteiger partial charge in [0.05, 0.1) is 13.2 Å². The van der Waals surface area contributed by atoms with E-state index in [-0.39, 0.29) is 43.5 Å². The van der Waals surface area contributed by atoms with Crippen LogP contribution >= 0.6 is 0 Å². The number of esters is 1. The number of aromatic amines is 1. The topological polar surface area (TPSA) is 146 Å². The average Bonchev–Trinajstić information content (AvgIpc) is 2.80. The molecule has 0 fully saturated rings. The number of para-hydroxylation sites is 1. The third-order valence-corrected chi connectivity index (χ3v) is 4.75. The van der Waals surface area contributed by atoms with Crippen LogP contribution in [0.15, 0.2) is 39.9 Å². The maximum Gasteiger partial charge on any atom is 0.330 e. The number of nitrogens with two attached hydrogens (primary N) is 1. The van der Waals surface area contributed by atoms with Crippen molar-refractivity contribution >= 4 is 23.4 Å². The lowest BCUT2D eigenvalue weighted by Crippen LogP contribution is -2.44. The molecule has 0 atom stereocenters. The van der Waals surface area contributed by atoms with Gasteiger partial charge in [0.2, 0.25) is 0 Å². The first-order valence-corrected chi connectivity index (χ1v) is 11.0. The van der Waals surface area contributed by atoms with Gasteiger partial charge >= 0.3 is 11.7 Å². The Hall–Kier alpha value is -3.60. The number of nitrogens with one attached hydrogen (secondary N) is 1. The van der Waals surface area contributed by atoms with Gasteiger partial charge in [0, 0.05) is 26.6 Å². The van der Waals surface area contributed by atoms with E-state index in [1.165, 1.54) is 11.7 Å². The van der Waals surface area contributed by atoms with Crippen molar-refractivity contribution < 1.29 is 23.8 Å². The summed E-state index contributed by atoms with van der Waals surface area (Å²) in [5.74, 6) is -0.632. The molecular weight excluding hydrogens is 444 g/mol. The highest BCUT2D eigenvalue weighted by Gasteiger charge is 2.25. The predicted molar refractivity (Wildman–Crippen MR) is 127 cm³/mol. The Morgan fingerprint density at radius 2 is 1.85 bits per heavy atom. The minimum absolute atomic E-state index is 0.0229. The number of benzene rings is 1. The molecule has 1 heterocycles. The summed E-state index contributed by atoms with van der Waals surface area (Å²) < 4.78 is 16.8. The molecule has 0 spiro atoms. The van der Waals surface area contributed by atoms with Crippen LogP contribution in [-0.4, -0.2) is 54.9 Å². The lowest BCUT2D eigenvalue weighted by molar-refractivity contribution is -0.148. The highest BCUT2D eigenvalue weighted by molar-refractivity contribution is 5.97. The minimum Gasteiger partial charge on any atom is -0.494 e. The van der Waals surface area contributed by atoms with E-state index in [0.717, 1.165) is 4.90 Å². The van der Waals surface area contributed by atoms with Gasteiger partial charge in [0.15, 0.2) is 12.3 Å².